The Hall–Kier alpha value is -2.11. The van der Waals surface area contributed by atoms with E-state index in [-0.39, 0.29) is 31.9 Å². The van der Waals surface area contributed by atoms with E-state index in [1.54, 1.807) is 0 Å². The maximum atomic E-state index is 12.9. The third-order valence-electron chi connectivity index (χ3n) is 4.35. The third kappa shape index (κ3) is 4.83. The van der Waals surface area contributed by atoms with Crippen LogP contribution in [0.15, 0.2) is 27.0 Å². The van der Waals surface area contributed by atoms with E-state index in [9.17, 15) is 19.2 Å². The lowest BCUT2D eigenvalue weighted by molar-refractivity contribution is -0.137. The van der Waals surface area contributed by atoms with E-state index in [0.717, 1.165) is 19.8 Å². The highest BCUT2D eigenvalue weighted by Crippen LogP contribution is 2.23. The van der Waals surface area contributed by atoms with Gasteiger partial charge in [-0.1, -0.05) is 13.5 Å². The summed E-state index contributed by atoms with van der Waals surface area (Å²) in [5, 5.41) is -0.499. The van der Waals surface area contributed by atoms with Crippen molar-refractivity contribution in [3.8, 4) is 0 Å². The van der Waals surface area contributed by atoms with Gasteiger partial charge in [0.25, 0.3) is 0 Å². The summed E-state index contributed by atoms with van der Waals surface area (Å²) in [7, 11) is 0. The Balaban J connectivity index is 1.89. The fourth-order valence-corrected chi connectivity index (χ4v) is 3.74. The molecule has 2 aliphatic heterocycles. The van der Waals surface area contributed by atoms with E-state index in [0.29, 0.717) is 25.4 Å². The molecule has 2 saturated heterocycles. The molecular formula is C17H23N3O7S. The zero-order valence-electron chi connectivity index (χ0n) is 15.6. The number of esters is 1. The van der Waals surface area contributed by atoms with Gasteiger partial charge in [0, 0.05) is 11.8 Å². The van der Waals surface area contributed by atoms with Crippen LogP contribution in [0.4, 0.5) is 0 Å². The molecule has 0 N–H and O–H groups in total. The molecule has 0 bridgehead atoms. The topological polar surface area (TPSA) is 117 Å². The fraction of sp³-hybridized carbons (Fsp3) is 0.647. The molecule has 3 unspecified atom stereocenters. The van der Waals surface area contributed by atoms with E-state index in [4.69, 9.17) is 14.2 Å². The predicted molar refractivity (Wildman–Crippen MR) is 102 cm³/mol. The highest BCUT2D eigenvalue weighted by Gasteiger charge is 2.30. The zero-order valence-corrected chi connectivity index (χ0v) is 16.4. The molecule has 10 nitrogen and oxygen atoms in total. The minimum absolute atomic E-state index is 0.113. The number of carbonyl (C=O) groups excluding carboxylic acids is 1. The first kappa shape index (κ1) is 20.6. The summed E-state index contributed by atoms with van der Waals surface area (Å²) < 4.78 is 18.4. The van der Waals surface area contributed by atoms with Gasteiger partial charge in [0.1, 0.15) is 6.61 Å². The quantitative estimate of drug-likeness (QED) is 0.203. The standard InChI is InChI=1S/C17H23N3O7S/c1-3-13(28-6-5-25-14(21)4-2)20-16(23)18(7-11-9-26-11)15(22)19(17(20)24)8-12-10-27-12/h4,11-13H,2-3,5-10H2,1H3. The number of rotatable bonds is 11. The first-order valence-corrected chi connectivity index (χ1v) is 10.1. The van der Waals surface area contributed by atoms with Crippen molar-refractivity contribution in [2.45, 2.75) is 44.0 Å². The number of hydrogen-bond donors (Lipinski definition) is 0. The predicted octanol–water partition coefficient (Wildman–Crippen LogP) is -0.660. The van der Waals surface area contributed by atoms with Gasteiger partial charge in [-0.05, 0) is 6.42 Å². The van der Waals surface area contributed by atoms with Gasteiger partial charge in [-0.15, -0.1) is 11.8 Å². The van der Waals surface area contributed by atoms with Gasteiger partial charge in [0.15, 0.2) is 0 Å². The molecule has 0 radical (unpaired) electrons. The first-order valence-electron chi connectivity index (χ1n) is 9.06. The molecule has 0 aliphatic carbocycles. The summed E-state index contributed by atoms with van der Waals surface area (Å²) >= 11 is 1.31. The summed E-state index contributed by atoms with van der Waals surface area (Å²) in [6, 6.07) is 0. The number of epoxide rings is 2. The van der Waals surface area contributed by atoms with Crippen molar-refractivity contribution >= 4 is 17.7 Å². The fourth-order valence-electron chi connectivity index (χ4n) is 2.72. The van der Waals surface area contributed by atoms with E-state index in [1.165, 1.54) is 11.8 Å². The van der Waals surface area contributed by atoms with Crippen LogP contribution in [0, 0.1) is 0 Å². The van der Waals surface area contributed by atoms with Crippen LogP contribution in [-0.4, -0.2) is 57.5 Å². The van der Waals surface area contributed by atoms with Crippen molar-refractivity contribution in [3.05, 3.63) is 44.1 Å². The van der Waals surface area contributed by atoms with Gasteiger partial charge in [-0.25, -0.2) is 32.9 Å². The van der Waals surface area contributed by atoms with Crippen LogP contribution in [-0.2, 0) is 32.1 Å². The summed E-state index contributed by atoms with van der Waals surface area (Å²) in [5.41, 5.74) is -1.95. The molecule has 2 aliphatic rings. The normalized spacial score (nSPS) is 21.2. The Bertz CT molecular complexity index is 859. The highest BCUT2D eigenvalue weighted by atomic mass is 32.2. The Kier molecular flexibility index (Phi) is 6.57. The third-order valence-corrected chi connectivity index (χ3v) is 5.69. The summed E-state index contributed by atoms with van der Waals surface area (Å²) in [6.45, 7) is 6.48. The number of thioether (sulfide) groups is 1. The number of ether oxygens (including phenoxy) is 3. The Morgan fingerprint density at radius 3 is 2.14 bits per heavy atom. The molecule has 28 heavy (non-hydrogen) atoms. The van der Waals surface area contributed by atoms with Crippen LogP contribution in [0.1, 0.15) is 18.7 Å². The molecular weight excluding hydrogens is 390 g/mol. The maximum absolute atomic E-state index is 12.9. The molecule has 11 heteroatoms. The van der Waals surface area contributed by atoms with Crippen LogP contribution in [0.2, 0.25) is 0 Å². The molecule has 1 aromatic rings. The Morgan fingerprint density at radius 1 is 1.18 bits per heavy atom. The molecule has 1 aromatic heterocycles. The van der Waals surface area contributed by atoms with E-state index >= 15 is 0 Å². The maximum Gasteiger partial charge on any atom is 0.337 e. The Morgan fingerprint density at radius 2 is 1.71 bits per heavy atom. The molecule has 0 spiro atoms. The second-order valence-electron chi connectivity index (χ2n) is 6.45. The van der Waals surface area contributed by atoms with E-state index < -0.39 is 28.4 Å². The van der Waals surface area contributed by atoms with Crippen LogP contribution in [0.5, 0.6) is 0 Å². The van der Waals surface area contributed by atoms with Gasteiger partial charge in [0.05, 0.1) is 43.9 Å². The van der Waals surface area contributed by atoms with Crippen molar-refractivity contribution in [2.75, 3.05) is 25.6 Å². The second-order valence-corrected chi connectivity index (χ2v) is 7.74. The van der Waals surface area contributed by atoms with Crippen molar-refractivity contribution < 1.29 is 19.0 Å². The minimum Gasteiger partial charge on any atom is -0.462 e. The molecule has 3 atom stereocenters. The highest BCUT2D eigenvalue weighted by molar-refractivity contribution is 7.99. The SMILES string of the molecule is C=CC(=O)OCCSC(CC)n1c(=O)n(CC2CO2)c(=O)n(CC2CO2)c1=O. The summed E-state index contributed by atoms with van der Waals surface area (Å²) in [6.07, 6.45) is 1.18. The molecule has 2 fully saturated rings. The average molecular weight is 413 g/mol. The lowest BCUT2D eigenvalue weighted by Gasteiger charge is -2.19. The number of aromatic nitrogens is 3. The van der Waals surface area contributed by atoms with Crippen molar-refractivity contribution in [1.29, 1.82) is 0 Å². The van der Waals surface area contributed by atoms with Gasteiger partial charge in [-0.2, -0.15) is 0 Å². The van der Waals surface area contributed by atoms with Gasteiger partial charge in [-0.3, -0.25) is 0 Å². The number of nitrogens with zero attached hydrogens (tertiary/aromatic N) is 3. The van der Waals surface area contributed by atoms with Gasteiger partial charge in [0.2, 0.25) is 0 Å². The molecule has 0 amide bonds. The lowest BCUT2D eigenvalue weighted by Crippen LogP contribution is -2.56. The molecule has 0 aromatic carbocycles. The van der Waals surface area contributed by atoms with Crippen LogP contribution < -0.4 is 17.1 Å². The summed E-state index contributed by atoms with van der Waals surface area (Å²) in [5.74, 6) is -0.142. The van der Waals surface area contributed by atoms with Crippen LogP contribution in [0.25, 0.3) is 0 Å². The lowest BCUT2D eigenvalue weighted by atomic mass is 10.4. The van der Waals surface area contributed by atoms with Gasteiger partial charge >= 0.3 is 23.0 Å². The average Bonchev–Trinajstić information content (AvgIpc) is 3.59. The molecule has 0 saturated carbocycles. The number of carbonyl (C=O) groups is 1. The van der Waals surface area contributed by atoms with Crippen LogP contribution in [0.3, 0.4) is 0 Å². The second kappa shape index (κ2) is 8.93. The van der Waals surface area contributed by atoms with Crippen molar-refractivity contribution in [1.82, 2.24) is 13.7 Å². The van der Waals surface area contributed by atoms with E-state index in [1.807, 2.05) is 6.92 Å². The van der Waals surface area contributed by atoms with Gasteiger partial charge < -0.3 is 14.2 Å². The van der Waals surface area contributed by atoms with Crippen LogP contribution >= 0.6 is 11.8 Å². The minimum atomic E-state index is -0.652. The van der Waals surface area contributed by atoms with E-state index in [2.05, 4.69) is 6.58 Å². The molecule has 3 rings (SSSR count). The largest absolute Gasteiger partial charge is 0.462 e. The Labute approximate surface area is 164 Å². The first-order chi connectivity index (χ1) is 13.5. The molecule has 3 heterocycles. The molecule has 154 valence electrons. The monoisotopic (exact) mass is 413 g/mol. The number of hydrogen-bond acceptors (Lipinski definition) is 8. The van der Waals surface area contributed by atoms with Crippen molar-refractivity contribution in [2.24, 2.45) is 0 Å². The van der Waals surface area contributed by atoms with Crippen molar-refractivity contribution in [3.63, 3.8) is 0 Å². The smallest absolute Gasteiger partial charge is 0.337 e. The summed E-state index contributed by atoms with van der Waals surface area (Å²) in [4.78, 5) is 49.7. The zero-order chi connectivity index (χ0) is 20.3.